The van der Waals surface area contributed by atoms with Gasteiger partial charge in [-0.3, -0.25) is 0 Å². The van der Waals surface area contributed by atoms with Gasteiger partial charge < -0.3 is 0 Å². The van der Waals surface area contributed by atoms with Crippen molar-refractivity contribution in [2.45, 2.75) is 58.9 Å². The normalized spacial score (nSPS) is 17.8. The molecule has 1 aliphatic rings. The van der Waals surface area contributed by atoms with Crippen molar-refractivity contribution < 1.29 is 4.79 Å². The molecular formula is C17H23NO. The number of carbonyl (C=O) groups excluding carboxylic acids is 1. The van der Waals surface area contributed by atoms with Gasteiger partial charge in [0.2, 0.25) is 6.08 Å². The maximum absolute atomic E-state index is 10.8. The Balaban J connectivity index is 2.41. The van der Waals surface area contributed by atoms with Gasteiger partial charge in [0, 0.05) is 0 Å². The van der Waals surface area contributed by atoms with Crippen LogP contribution < -0.4 is 0 Å². The minimum absolute atomic E-state index is 0.0124. The van der Waals surface area contributed by atoms with Gasteiger partial charge in [-0.25, -0.2) is 4.79 Å². The monoisotopic (exact) mass is 257 g/mol. The summed E-state index contributed by atoms with van der Waals surface area (Å²) in [6, 6.07) is 4.40. The van der Waals surface area contributed by atoms with Crippen LogP contribution in [0.25, 0.3) is 0 Å². The van der Waals surface area contributed by atoms with Crippen molar-refractivity contribution >= 4 is 6.08 Å². The number of aliphatic imine (C=N–C) groups is 1. The average Bonchev–Trinajstić information content (AvgIpc) is 2.37. The highest BCUT2D eigenvalue weighted by atomic mass is 16.1. The lowest BCUT2D eigenvalue weighted by Gasteiger charge is -2.29. The molecule has 1 unspecified atom stereocenters. The predicted octanol–water partition coefficient (Wildman–Crippen LogP) is 4.57. The number of rotatable bonds is 3. The number of aryl methyl sites for hydroxylation is 3. The molecule has 0 N–H and O–H groups in total. The molecule has 0 spiro atoms. The maximum atomic E-state index is 10.8. The lowest BCUT2D eigenvalue weighted by molar-refractivity contribution is 0.308. The topological polar surface area (TPSA) is 29.4 Å². The summed E-state index contributed by atoms with van der Waals surface area (Å²) in [5, 5.41) is 0. The van der Waals surface area contributed by atoms with E-state index in [1.807, 2.05) is 6.08 Å². The first-order valence-electron chi connectivity index (χ1n) is 7.28. The number of benzene rings is 1. The summed E-state index contributed by atoms with van der Waals surface area (Å²) < 4.78 is 0. The Morgan fingerprint density at radius 1 is 1.11 bits per heavy atom. The Morgan fingerprint density at radius 3 is 2.21 bits per heavy atom. The largest absolute Gasteiger partial charge is 0.235 e. The molecule has 1 fully saturated rings. The van der Waals surface area contributed by atoms with E-state index in [0.29, 0.717) is 5.92 Å². The van der Waals surface area contributed by atoms with Crippen LogP contribution >= 0.6 is 0 Å². The molecule has 0 amide bonds. The first kappa shape index (κ1) is 14.0. The third-order valence-corrected chi connectivity index (χ3v) is 4.32. The summed E-state index contributed by atoms with van der Waals surface area (Å²) >= 11 is 0. The van der Waals surface area contributed by atoms with Crippen LogP contribution in [0.5, 0.6) is 0 Å². The Kier molecular flexibility index (Phi) is 4.55. The second-order valence-corrected chi connectivity index (χ2v) is 5.88. The lowest BCUT2D eigenvalue weighted by Crippen LogP contribution is -2.17. The Labute approximate surface area is 115 Å². The molecule has 2 nitrogen and oxygen atoms in total. The molecule has 0 radical (unpaired) electrons. The summed E-state index contributed by atoms with van der Waals surface area (Å²) in [5.74, 6) is 0.510. The Bertz CT molecular complexity index is 471. The van der Waals surface area contributed by atoms with E-state index in [0.717, 1.165) is 0 Å². The van der Waals surface area contributed by atoms with E-state index in [2.05, 4.69) is 37.9 Å². The summed E-state index contributed by atoms with van der Waals surface area (Å²) in [6.07, 6.45) is 8.02. The molecule has 1 aromatic rings. The van der Waals surface area contributed by atoms with Crippen LogP contribution in [-0.2, 0) is 4.79 Å². The molecule has 0 aliphatic heterocycles. The molecule has 1 saturated carbocycles. The average molecular weight is 257 g/mol. The smallest absolute Gasteiger partial charge is 0.211 e. The first-order valence-corrected chi connectivity index (χ1v) is 7.28. The third-order valence-electron chi connectivity index (χ3n) is 4.32. The van der Waals surface area contributed by atoms with Crippen LogP contribution in [0.3, 0.4) is 0 Å². The van der Waals surface area contributed by atoms with E-state index in [1.165, 1.54) is 54.4 Å². The molecule has 1 aromatic carbocycles. The molecule has 1 aliphatic carbocycles. The zero-order chi connectivity index (χ0) is 13.8. The van der Waals surface area contributed by atoms with E-state index in [4.69, 9.17) is 0 Å². The Morgan fingerprint density at radius 2 is 1.68 bits per heavy atom. The van der Waals surface area contributed by atoms with Crippen molar-refractivity contribution in [3.8, 4) is 0 Å². The molecule has 0 bridgehead atoms. The zero-order valence-electron chi connectivity index (χ0n) is 12.2. The van der Waals surface area contributed by atoms with E-state index in [1.54, 1.807) is 0 Å². The third kappa shape index (κ3) is 3.13. The van der Waals surface area contributed by atoms with Crippen molar-refractivity contribution in [2.75, 3.05) is 0 Å². The molecule has 1 atom stereocenters. The van der Waals surface area contributed by atoms with Gasteiger partial charge in [-0.15, -0.1) is 0 Å². The second-order valence-electron chi connectivity index (χ2n) is 5.88. The summed E-state index contributed by atoms with van der Waals surface area (Å²) in [5.41, 5.74) is 5.04. The van der Waals surface area contributed by atoms with Gasteiger partial charge in [-0.2, -0.15) is 4.99 Å². The molecule has 0 aromatic heterocycles. The van der Waals surface area contributed by atoms with Gasteiger partial charge in [-0.05, 0) is 56.2 Å². The van der Waals surface area contributed by atoms with Gasteiger partial charge in [0.25, 0.3) is 0 Å². The van der Waals surface area contributed by atoms with Crippen molar-refractivity contribution in [1.82, 2.24) is 0 Å². The van der Waals surface area contributed by atoms with Crippen molar-refractivity contribution in [2.24, 2.45) is 10.9 Å². The van der Waals surface area contributed by atoms with Gasteiger partial charge in [0.15, 0.2) is 0 Å². The first-order chi connectivity index (χ1) is 9.13. The Hall–Kier alpha value is -1.40. The predicted molar refractivity (Wildman–Crippen MR) is 78.1 cm³/mol. The van der Waals surface area contributed by atoms with E-state index < -0.39 is 0 Å². The molecule has 0 heterocycles. The van der Waals surface area contributed by atoms with Crippen LogP contribution in [-0.4, -0.2) is 6.08 Å². The molecular weight excluding hydrogens is 234 g/mol. The standard InChI is InChI=1S/C17H23NO/c1-12-9-13(2)16(14(3)10-12)17(18-11-19)15-7-5-4-6-8-15/h9-10,15,17H,4-8H2,1-3H3. The van der Waals surface area contributed by atoms with Crippen molar-refractivity contribution in [3.63, 3.8) is 0 Å². The second kappa shape index (κ2) is 6.16. The van der Waals surface area contributed by atoms with Crippen molar-refractivity contribution in [3.05, 3.63) is 34.4 Å². The number of hydrogen-bond acceptors (Lipinski definition) is 2. The van der Waals surface area contributed by atoms with Crippen LogP contribution in [0.2, 0.25) is 0 Å². The van der Waals surface area contributed by atoms with Crippen LogP contribution in [0.1, 0.15) is 60.4 Å². The van der Waals surface area contributed by atoms with Crippen molar-refractivity contribution in [1.29, 1.82) is 0 Å². The molecule has 2 heteroatoms. The van der Waals surface area contributed by atoms with E-state index in [9.17, 15) is 4.79 Å². The molecule has 0 saturated heterocycles. The minimum atomic E-state index is 0.0124. The van der Waals surface area contributed by atoms with Gasteiger partial charge in [-0.1, -0.05) is 37.0 Å². The molecule has 102 valence electrons. The quantitative estimate of drug-likeness (QED) is 0.576. The molecule has 2 rings (SSSR count). The summed E-state index contributed by atoms with van der Waals surface area (Å²) in [7, 11) is 0. The van der Waals surface area contributed by atoms with Gasteiger partial charge in [0.05, 0.1) is 6.04 Å². The number of nitrogens with zero attached hydrogens (tertiary/aromatic N) is 1. The van der Waals surface area contributed by atoms with Gasteiger partial charge in [0.1, 0.15) is 0 Å². The van der Waals surface area contributed by atoms with Crippen LogP contribution in [0, 0.1) is 26.7 Å². The van der Waals surface area contributed by atoms with Crippen LogP contribution in [0.15, 0.2) is 17.1 Å². The van der Waals surface area contributed by atoms with E-state index >= 15 is 0 Å². The van der Waals surface area contributed by atoms with E-state index in [-0.39, 0.29) is 6.04 Å². The fraction of sp³-hybridized carbons (Fsp3) is 0.588. The van der Waals surface area contributed by atoms with Crippen LogP contribution in [0.4, 0.5) is 0 Å². The summed E-state index contributed by atoms with van der Waals surface area (Å²) in [4.78, 5) is 15.0. The molecule has 19 heavy (non-hydrogen) atoms. The summed E-state index contributed by atoms with van der Waals surface area (Å²) in [6.45, 7) is 6.37. The minimum Gasteiger partial charge on any atom is -0.211 e. The SMILES string of the molecule is Cc1cc(C)c(C(N=C=O)C2CCCCC2)c(C)c1. The number of isocyanates is 1. The highest BCUT2D eigenvalue weighted by molar-refractivity contribution is 5.43. The highest BCUT2D eigenvalue weighted by Crippen LogP contribution is 2.39. The maximum Gasteiger partial charge on any atom is 0.235 e. The zero-order valence-corrected chi connectivity index (χ0v) is 12.2. The fourth-order valence-corrected chi connectivity index (χ4v) is 3.57. The lowest BCUT2D eigenvalue weighted by atomic mass is 9.79. The number of hydrogen-bond donors (Lipinski definition) is 0. The van der Waals surface area contributed by atoms with Gasteiger partial charge >= 0.3 is 0 Å². The highest BCUT2D eigenvalue weighted by Gasteiger charge is 2.27. The fourth-order valence-electron chi connectivity index (χ4n) is 3.57.